The van der Waals surface area contributed by atoms with Gasteiger partial charge < -0.3 is 55.3 Å². The molecule has 2 fully saturated rings. The van der Waals surface area contributed by atoms with E-state index in [9.17, 15) is 44.2 Å². The van der Waals surface area contributed by atoms with E-state index in [-0.39, 0.29) is 10.0 Å². The van der Waals surface area contributed by atoms with Crippen molar-refractivity contribution in [3.63, 3.8) is 0 Å². The van der Waals surface area contributed by atoms with Gasteiger partial charge in [-0.05, 0) is 24.3 Å². The lowest BCUT2D eigenvalue weighted by atomic mass is 9.96. The molecule has 1 aromatic carbocycles. The molecule has 38 heavy (non-hydrogen) atoms. The van der Waals surface area contributed by atoms with Gasteiger partial charge in [-0.2, -0.15) is 0 Å². The van der Waals surface area contributed by atoms with Crippen LogP contribution in [0.3, 0.4) is 0 Å². The van der Waals surface area contributed by atoms with Crippen LogP contribution in [0.2, 0.25) is 0 Å². The van der Waals surface area contributed by atoms with E-state index in [0.717, 1.165) is 11.3 Å². The molecule has 10 atom stereocenters. The lowest BCUT2D eigenvalue weighted by molar-refractivity contribution is -0.340. The van der Waals surface area contributed by atoms with E-state index in [2.05, 4.69) is 15.0 Å². The van der Waals surface area contributed by atoms with Crippen molar-refractivity contribution in [2.75, 3.05) is 23.3 Å². The Morgan fingerprint density at radius 2 is 1.58 bits per heavy atom. The average molecular weight is 580 g/mol. The molecule has 0 radical (unpaired) electrons. The number of hydrogen-bond donors (Lipinski definition) is 9. The molecule has 1 aromatic heterocycles. The van der Waals surface area contributed by atoms with Gasteiger partial charge in [0, 0.05) is 17.3 Å². The molecule has 2 aliphatic heterocycles. The third-order valence-electron chi connectivity index (χ3n) is 6.13. The van der Waals surface area contributed by atoms with Crippen LogP contribution in [0, 0.1) is 0 Å². The summed E-state index contributed by atoms with van der Waals surface area (Å²) < 4.78 is 43.8. The molecule has 0 spiro atoms. The largest absolute Gasteiger partial charge is 0.394 e. The van der Waals surface area contributed by atoms with Crippen LogP contribution in [-0.2, 0) is 24.2 Å². The third-order valence-corrected chi connectivity index (χ3v) is 8.30. The molecule has 3 heterocycles. The Labute approximate surface area is 220 Å². The maximum Gasteiger partial charge on any atom is 0.263 e. The van der Waals surface area contributed by atoms with Gasteiger partial charge in [-0.3, -0.25) is 4.72 Å². The molecule has 17 heteroatoms. The van der Waals surface area contributed by atoms with E-state index in [1.54, 1.807) is 5.38 Å². The van der Waals surface area contributed by atoms with Gasteiger partial charge in [0.25, 0.3) is 10.0 Å². The Kier molecular flexibility index (Phi) is 9.18. The number of aliphatic hydroxyl groups is 7. The smallest absolute Gasteiger partial charge is 0.263 e. The number of nitrogens with zero attached hydrogens (tertiary/aromatic N) is 1. The van der Waals surface area contributed by atoms with Crippen molar-refractivity contribution in [3.05, 3.63) is 35.8 Å². The van der Waals surface area contributed by atoms with Crippen LogP contribution in [-0.4, -0.2) is 124 Å². The second kappa shape index (κ2) is 12.0. The first-order valence-electron chi connectivity index (χ1n) is 11.4. The minimum atomic E-state index is -3.89. The topological polar surface area (TPSA) is 240 Å². The molecule has 0 aliphatic carbocycles. The molecule has 2 aliphatic rings. The van der Waals surface area contributed by atoms with E-state index in [1.807, 2.05) is 0 Å². The van der Waals surface area contributed by atoms with Crippen molar-refractivity contribution >= 4 is 32.2 Å². The predicted octanol–water partition coefficient (Wildman–Crippen LogP) is -3.02. The molecule has 0 unspecified atom stereocenters. The van der Waals surface area contributed by atoms with E-state index < -0.39 is 84.6 Å². The van der Waals surface area contributed by atoms with E-state index in [4.69, 9.17) is 14.2 Å². The van der Waals surface area contributed by atoms with E-state index in [0.29, 0.717) is 5.69 Å². The van der Waals surface area contributed by atoms with Gasteiger partial charge in [-0.15, -0.1) is 11.3 Å². The first kappa shape index (κ1) is 29.0. The summed E-state index contributed by atoms with van der Waals surface area (Å²) in [5.41, 5.74) is 0.319. The predicted molar refractivity (Wildman–Crippen MR) is 129 cm³/mol. The minimum Gasteiger partial charge on any atom is -0.394 e. The number of sulfonamides is 1. The Balaban J connectivity index is 1.42. The Morgan fingerprint density at radius 1 is 0.895 bits per heavy atom. The molecule has 0 saturated carbocycles. The summed E-state index contributed by atoms with van der Waals surface area (Å²) in [5, 5.41) is 75.3. The molecular weight excluding hydrogens is 550 g/mol. The molecule has 15 nitrogen and oxygen atoms in total. The number of aliphatic hydroxyl groups excluding tert-OH is 7. The van der Waals surface area contributed by atoms with Gasteiger partial charge in [0.2, 0.25) is 0 Å². The van der Waals surface area contributed by atoms with E-state index in [1.165, 1.54) is 30.5 Å². The van der Waals surface area contributed by atoms with Crippen molar-refractivity contribution < 1.29 is 58.4 Å². The standard InChI is InChI=1S/C21H29N3O12S2/c25-7-11-13(27)14(28)17(31)20(35-11)36-18-12(8-26)34-19(16(30)15(18)29)23-9-1-3-10(4-2-9)38(32,33)24-21-22-5-6-37-21/h1-6,11-20,23,25-31H,7-8H2,(H,22,24)/t11-,12-,13+,14+,15-,16-,17-,18-,19-,20+/m1/s1. The summed E-state index contributed by atoms with van der Waals surface area (Å²) in [6.45, 7) is -1.39. The summed E-state index contributed by atoms with van der Waals surface area (Å²) in [5.74, 6) is 0. The summed E-state index contributed by atoms with van der Waals surface area (Å²) in [7, 11) is -3.89. The van der Waals surface area contributed by atoms with Gasteiger partial charge in [-0.25, -0.2) is 13.4 Å². The fourth-order valence-corrected chi connectivity index (χ4v) is 5.84. The second-order valence-corrected chi connectivity index (χ2v) is 11.2. The van der Waals surface area contributed by atoms with Crippen molar-refractivity contribution in [2.45, 2.75) is 66.2 Å². The fraction of sp³-hybridized carbons (Fsp3) is 0.571. The number of nitrogens with one attached hydrogen (secondary N) is 2. The Morgan fingerprint density at radius 3 is 2.18 bits per heavy atom. The molecule has 0 bridgehead atoms. The molecule has 4 rings (SSSR count). The average Bonchev–Trinajstić information content (AvgIpc) is 3.41. The van der Waals surface area contributed by atoms with Gasteiger partial charge in [0.15, 0.2) is 17.6 Å². The highest BCUT2D eigenvalue weighted by atomic mass is 32.2. The zero-order valence-corrected chi connectivity index (χ0v) is 21.2. The summed E-state index contributed by atoms with van der Waals surface area (Å²) >= 11 is 1.12. The highest BCUT2D eigenvalue weighted by molar-refractivity contribution is 7.93. The third kappa shape index (κ3) is 6.09. The number of benzene rings is 1. The van der Waals surface area contributed by atoms with Crippen LogP contribution in [0.1, 0.15) is 0 Å². The van der Waals surface area contributed by atoms with Crippen molar-refractivity contribution in [3.8, 4) is 0 Å². The van der Waals surface area contributed by atoms with Crippen molar-refractivity contribution in [2.24, 2.45) is 0 Å². The van der Waals surface area contributed by atoms with E-state index >= 15 is 0 Å². The quantitative estimate of drug-likeness (QED) is 0.144. The van der Waals surface area contributed by atoms with Gasteiger partial charge in [0.05, 0.1) is 18.1 Å². The maximum atomic E-state index is 12.5. The number of ether oxygens (including phenoxy) is 3. The maximum absolute atomic E-state index is 12.5. The second-order valence-electron chi connectivity index (χ2n) is 8.67. The van der Waals surface area contributed by atoms with Crippen molar-refractivity contribution in [1.82, 2.24) is 4.98 Å². The van der Waals surface area contributed by atoms with Crippen LogP contribution < -0.4 is 10.0 Å². The number of rotatable bonds is 9. The number of hydrogen-bond acceptors (Lipinski definition) is 15. The van der Waals surface area contributed by atoms with Crippen LogP contribution in [0.25, 0.3) is 0 Å². The first-order valence-corrected chi connectivity index (χ1v) is 13.8. The van der Waals surface area contributed by atoms with Gasteiger partial charge in [0.1, 0.15) is 48.8 Å². The number of aromatic nitrogens is 1. The first-order chi connectivity index (χ1) is 18.1. The van der Waals surface area contributed by atoms with Crippen molar-refractivity contribution in [1.29, 1.82) is 0 Å². The molecule has 9 N–H and O–H groups in total. The van der Waals surface area contributed by atoms with Gasteiger partial charge in [-0.1, -0.05) is 0 Å². The summed E-state index contributed by atoms with van der Waals surface area (Å²) in [6.07, 6.45) is -13.9. The molecular formula is C21H29N3O12S2. The Bertz CT molecular complexity index is 1130. The van der Waals surface area contributed by atoms with Crippen LogP contribution >= 0.6 is 11.3 Å². The molecule has 0 amide bonds. The summed E-state index contributed by atoms with van der Waals surface area (Å²) in [6, 6.07) is 5.42. The normalized spacial score (nSPS) is 36.1. The Hall–Kier alpha value is -2.00. The molecule has 2 aromatic rings. The lowest BCUT2D eigenvalue weighted by Crippen LogP contribution is -2.65. The summed E-state index contributed by atoms with van der Waals surface area (Å²) in [4.78, 5) is 3.82. The number of thiazole rings is 1. The van der Waals surface area contributed by atoms with Crippen LogP contribution in [0.15, 0.2) is 40.7 Å². The van der Waals surface area contributed by atoms with Gasteiger partial charge >= 0.3 is 0 Å². The zero-order valence-electron chi connectivity index (χ0n) is 19.6. The minimum absolute atomic E-state index is 0.0513. The SMILES string of the molecule is O=S(=O)(Nc1nccs1)c1ccc(N[C@@H]2O[C@H](CO)[C@@H](O[C@@H]3O[C@H](CO)[C@H](O)[C@H](O)[C@H]3O)[C@H](O)[C@H]2O)cc1. The molecule has 2 saturated heterocycles. The molecule has 212 valence electrons. The zero-order chi connectivity index (χ0) is 27.6. The highest BCUT2D eigenvalue weighted by Crippen LogP contribution is 2.30. The van der Waals surface area contributed by atoms with Crippen LogP contribution in [0.4, 0.5) is 10.8 Å². The lowest BCUT2D eigenvalue weighted by Gasteiger charge is -2.46. The fourth-order valence-electron chi connectivity index (χ4n) is 4.05. The van der Waals surface area contributed by atoms with Crippen LogP contribution in [0.5, 0.6) is 0 Å². The number of anilines is 2. The highest BCUT2D eigenvalue weighted by Gasteiger charge is 2.50. The monoisotopic (exact) mass is 579 g/mol.